The summed E-state index contributed by atoms with van der Waals surface area (Å²) in [4.78, 5) is 44.7. The lowest BCUT2D eigenvalue weighted by Crippen LogP contribution is -2.49. The van der Waals surface area contributed by atoms with Gasteiger partial charge in [0.25, 0.3) is 0 Å². The quantitative estimate of drug-likeness (QED) is 0.377. The Labute approximate surface area is 217 Å². The van der Waals surface area contributed by atoms with Crippen LogP contribution in [-0.2, 0) is 10.2 Å². The first-order valence-corrected chi connectivity index (χ1v) is 12.3. The van der Waals surface area contributed by atoms with Gasteiger partial charge in [-0.15, -0.1) is 0 Å². The van der Waals surface area contributed by atoms with Gasteiger partial charge in [-0.2, -0.15) is 0 Å². The molecular formula is C31H21FN2O4. The average Bonchev–Trinajstić information content (AvgIpc) is 3.65. The molecule has 0 bridgehead atoms. The molecule has 1 fully saturated rings. The van der Waals surface area contributed by atoms with Gasteiger partial charge in [0.2, 0.25) is 11.7 Å². The number of amides is 1. The van der Waals surface area contributed by atoms with Crippen molar-refractivity contribution in [1.29, 1.82) is 0 Å². The van der Waals surface area contributed by atoms with E-state index in [1.165, 1.54) is 30.5 Å². The summed E-state index contributed by atoms with van der Waals surface area (Å²) >= 11 is 0. The normalized spacial score (nSPS) is 24.6. The van der Waals surface area contributed by atoms with Crippen LogP contribution in [0.25, 0.3) is 6.08 Å². The predicted octanol–water partition coefficient (Wildman–Crippen LogP) is 5.40. The fraction of sp³-hybridized carbons (Fsp3) is 0.129. The van der Waals surface area contributed by atoms with Gasteiger partial charge in [-0.05, 0) is 65.2 Å². The minimum Gasteiger partial charge on any atom is -0.461 e. The summed E-state index contributed by atoms with van der Waals surface area (Å²) in [5, 5.41) is 3.00. The molecule has 3 aliphatic rings. The Morgan fingerprint density at radius 2 is 1.66 bits per heavy atom. The zero-order chi connectivity index (χ0) is 26.0. The number of hydrogen-bond acceptors (Lipinski definition) is 5. The number of furan rings is 1. The van der Waals surface area contributed by atoms with Crippen LogP contribution in [0.4, 0.5) is 10.1 Å². The van der Waals surface area contributed by atoms with E-state index in [4.69, 9.17) is 4.42 Å². The molecule has 7 rings (SSSR count). The number of para-hydroxylation sites is 1. The second-order valence-corrected chi connectivity index (χ2v) is 9.80. The Kier molecular flexibility index (Phi) is 4.79. The van der Waals surface area contributed by atoms with Crippen molar-refractivity contribution in [1.82, 2.24) is 4.90 Å². The lowest BCUT2D eigenvalue weighted by Gasteiger charge is -2.38. The van der Waals surface area contributed by atoms with Crippen LogP contribution in [0.2, 0.25) is 0 Å². The SMILES string of the molecule is O=C(c1ccco1)[C@@H]1[C@@H](C(=O)c2ccc(F)cc2)[C@@]2(C(=O)Nc3ccccc32)[C@H]2c3ccccc3C=CN12. The van der Waals surface area contributed by atoms with Crippen LogP contribution in [0, 0.1) is 11.7 Å². The fourth-order valence-electron chi connectivity index (χ4n) is 6.53. The number of halogens is 1. The summed E-state index contributed by atoms with van der Waals surface area (Å²) in [6.07, 6.45) is 5.10. The Balaban J connectivity index is 1.55. The van der Waals surface area contributed by atoms with Gasteiger partial charge in [0.15, 0.2) is 11.5 Å². The van der Waals surface area contributed by atoms with Crippen molar-refractivity contribution in [3.8, 4) is 0 Å². The van der Waals surface area contributed by atoms with Gasteiger partial charge in [-0.1, -0.05) is 42.5 Å². The summed E-state index contributed by atoms with van der Waals surface area (Å²) in [5.74, 6) is -2.68. The fourth-order valence-corrected chi connectivity index (χ4v) is 6.53. The molecule has 1 N–H and O–H groups in total. The van der Waals surface area contributed by atoms with E-state index in [0.717, 1.165) is 11.1 Å². The zero-order valence-corrected chi connectivity index (χ0v) is 20.0. The molecule has 1 saturated heterocycles. The molecule has 3 aliphatic heterocycles. The van der Waals surface area contributed by atoms with Gasteiger partial charge in [0, 0.05) is 17.5 Å². The van der Waals surface area contributed by atoms with Crippen molar-refractivity contribution in [3.05, 3.63) is 131 Å². The first kappa shape index (κ1) is 22.4. The third kappa shape index (κ3) is 2.90. The number of hydrogen-bond donors (Lipinski definition) is 1. The van der Waals surface area contributed by atoms with Gasteiger partial charge in [-0.3, -0.25) is 14.4 Å². The highest BCUT2D eigenvalue weighted by atomic mass is 19.1. The molecule has 7 heteroatoms. The number of nitrogens with one attached hydrogen (secondary N) is 1. The molecular weight excluding hydrogens is 483 g/mol. The maximum absolute atomic E-state index is 14.5. The number of benzene rings is 3. The zero-order valence-electron chi connectivity index (χ0n) is 20.0. The highest BCUT2D eigenvalue weighted by Gasteiger charge is 2.71. The van der Waals surface area contributed by atoms with Gasteiger partial charge in [-0.25, -0.2) is 4.39 Å². The van der Waals surface area contributed by atoms with E-state index < -0.39 is 40.8 Å². The maximum atomic E-state index is 14.5. The lowest BCUT2D eigenvalue weighted by molar-refractivity contribution is -0.122. The number of nitrogens with zero attached hydrogens (tertiary/aromatic N) is 1. The Morgan fingerprint density at radius 3 is 2.45 bits per heavy atom. The Morgan fingerprint density at radius 1 is 0.895 bits per heavy atom. The highest BCUT2D eigenvalue weighted by molar-refractivity contribution is 6.16. The van der Waals surface area contributed by atoms with E-state index >= 15 is 0 Å². The van der Waals surface area contributed by atoms with E-state index in [-0.39, 0.29) is 17.2 Å². The summed E-state index contributed by atoms with van der Waals surface area (Å²) in [6, 6.07) is 21.7. The maximum Gasteiger partial charge on any atom is 0.238 e. The van der Waals surface area contributed by atoms with Crippen LogP contribution in [0.3, 0.4) is 0 Å². The number of anilines is 1. The molecule has 3 aromatic carbocycles. The largest absolute Gasteiger partial charge is 0.461 e. The van der Waals surface area contributed by atoms with Crippen LogP contribution in [0.5, 0.6) is 0 Å². The third-order valence-corrected chi connectivity index (χ3v) is 8.01. The first-order chi connectivity index (χ1) is 18.5. The molecule has 0 unspecified atom stereocenters. The topological polar surface area (TPSA) is 79.6 Å². The molecule has 0 radical (unpaired) electrons. The van der Waals surface area contributed by atoms with E-state index in [9.17, 15) is 18.8 Å². The second kappa shape index (κ2) is 8.11. The van der Waals surface area contributed by atoms with Crippen molar-refractivity contribution in [3.63, 3.8) is 0 Å². The van der Waals surface area contributed by atoms with Gasteiger partial charge in [0.05, 0.1) is 18.2 Å². The molecule has 4 aromatic rings. The Hall–Kier alpha value is -4.78. The van der Waals surface area contributed by atoms with Crippen molar-refractivity contribution in [2.45, 2.75) is 17.5 Å². The molecule has 0 aliphatic carbocycles. The molecule has 186 valence electrons. The minimum atomic E-state index is -1.43. The first-order valence-electron chi connectivity index (χ1n) is 12.3. The van der Waals surface area contributed by atoms with Crippen LogP contribution < -0.4 is 5.32 Å². The van der Waals surface area contributed by atoms with E-state index in [1.54, 1.807) is 24.4 Å². The van der Waals surface area contributed by atoms with E-state index in [0.29, 0.717) is 11.3 Å². The summed E-state index contributed by atoms with van der Waals surface area (Å²) in [7, 11) is 0. The average molecular weight is 505 g/mol. The molecule has 38 heavy (non-hydrogen) atoms. The monoisotopic (exact) mass is 504 g/mol. The van der Waals surface area contributed by atoms with Gasteiger partial charge in [0.1, 0.15) is 17.3 Å². The molecule has 1 amide bonds. The standard InChI is InChI=1S/C31H21FN2O4/c32-20-13-11-19(12-14-20)27(35)25-26(28(36)24-10-5-17-38-24)34-16-15-18-6-1-2-7-21(18)29(34)31(25)22-8-3-4-9-23(22)33-30(31)37/h1-17,25-26,29H,(H,33,37)/t25-,26-,29+,31+/m0/s1. The third-order valence-electron chi connectivity index (χ3n) is 8.01. The smallest absolute Gasteiger partial charge is 0.238 e. The van der Waals surface area contributed by atoms with Crippen LogP contribution in [-0.4, -0.2) is 28.4 Å². The van der Waals surface area contributed by atoms with Crippen molar-refractivity contribution in [2.24, 2.45) is 5.92 Å². The molecule has 6 nitrogen and oxygen atoms in total. The van der Waals surface area contributed by atoms with Crippen molar-refractivity contribution in [2.75, 3.05) is 5.32 Å². The summed E-state index contributed by atoms with van der Waals surface area (Å²) in [5.41, 5.74) is 1.79. The summed E-state index contributed by atoms with van der Waals surface area (Å²) in [6.45, 7) is 0. The molecule has 4 heterocycles. The van der Waals surface area contributed by atoms with Crippen molar-refractivity contribution >= 4 is 29.2 Å². The number of carbonyl (C=O) groups excluding carboxylic acids is 3. The van der Waals surface area contributed by atoms with Crippen LogP contribution in [0.15, 0.2) is 102 Å². The molecule has 1 spiro atoms. The number of fused-ring (bicyclic) bond motifs is 6. The predicted molar refractivity (Wildman–Crippen MR) is 138 cm³/mol. The van der Waals surface area contributed by atoms with Gasteiger partial charge >= 0.3 is 0 Å². The van der Waals surface area contributed by atoms with E-state index in [2.05, 4.69) is 5.32 Å². The number of ketones is 2. The van der Waals surface area contributed by atoms with Crippen LogP contribution >= 0.6 is 0 Å². The molecule has 0 saturated carbocycles. The highest BCUT2D eigenvalue weighted by Crippen LogP contribution is 2.62. The van der Waals surface area contributed by atoms with Gasteiger partial charge < -0.3 is 14.6 Å². The Bertz CT molecular complexity index is 1640. The number of Topliss-reactive ketones (excluding diaryl/α,β-unsaturated/α-hetero) is 2. The lowest BCUT2D eigenvalue weighted by atomic mass is 9.62. The minimum absolute atomic E-state index is 0.0988. The van der Waals surface area contributed by atoms with E-state index in [1.807, 2.05) is 53.4 Å². The number of rotatable bonds is 4. The second-order valence-electron chi connectivity index (χ2n) is 9.80. The summed E-state index contributed by atoms with van der Waals surface area (Å²) < 4.78 is 19.3. The van der Waals surface area contributed by atoms with Crippen molar-refractivity contribution < 1.29 is 23.2 Å². The number of carbonyl (C=O) groups is 3. The molecule has 4 atom stereocenters. The molecule has 1 aromatic heterocycles. The van der Waals surface area contributed by atoms with Crippen LogP contribution in [0.1, 0.15) is 43.6 Å².